The number of likely N-dealkylation sites (tertiary alicyclic amines) is 1. The van der Waals surface area contributed by atoms with Gasteiger partial charge in [0.05, 0.1) is 13.7 Å². The van der Waals surface area contributed by atoms with Crippen LogP contribution in [0.5, 0.6) is 0 Å². The Kier molecular flexibility index (Phi) is 5.08. The van der Waals surface area contributed by atoms with Gasteiger partial charge in [-0.3, -0.25) is 19.8 Å². The van der Waals surface area contributed by atoms with Crippen LogP contribution in [0, 0.1) is 5.92 Å². The molecule has 0 spiro atoms. The van der Waals surface area contributed by atoms with Gasteiger partial charge < -0.3 is 9.84 Å². The molecule has 1 aliphatic heterocycles. The summed E-state index contributed by atoms with van der Waals surface area (Å²) in [4.78, 5) is 35.0. The van der Waals surface area contributed by atoms with Crippen molar-refractivity contribution >= 4 is 18.0 Å². The quantitative estimate of drug-likeness (QED) is 0.742. The molecule has 1 aliphatic rings. The first-order chi connectivity index (χ1) is 8.43. The third-order valence-corrected chi connectivity index (χ3v) is 3.03. The number of hydrogen-bond donors (Lipinski definition) is 2. The van der Waals surface area contributed by atoms with E-state index in [4.69, 9.17) is 5.11 Å². The van der Waals surface area contributed by atoms with Crippen LogP contribution < -0.4 is 5.32 Å². The van der Waals surface area contributed by atoms with E-state index in [0.717, 1.165) is 13.5 Å². The van der Waals surface area contributed by atoms with E-state index in [1.165, 1.54) is 0 Å². The summed E-state index contributed by atoms with van der Waals surface area (Å²) in [5.74, 6) is -1.17. The van der Waals surface area contributed by atoms with E-state index in [1.54, 1.807) is 4.90 Å². The molecule has 2 N–H and O–H groups in total. The van der Waals surface area contributed by atoms with E-state index in [9.17, 15) is 14.4 Å². The number of nitrogens with zero attached hydrogens (tertiary/aromatic N) is 1. The summed E-state index contributed by atoms with van der Waals surface area (Å²) in [6.07, 6.45) is 0.521. The first kappa shape index (κ1) is 14.4. The minimum absolute atomic E-state index is 0.112. The van der Waals surface area contributed by atoms with Gasteiger partial charge in [0.25, 0.3) is 0 Å². The van der Waals surface area contributed by atoms with Gasteiger partial charge in [0.2, 0.25) is 5.91 Å². The molecule has 1 fully saturated rings. The van der Waals surface area contributed by atoms with E-state index in [-0.39, 0.29) is 6.54 Å². The second-order valence-corrected chi connectivity index (χ2v) is 4.49. The number of carboxylic acids is 1. The van der Waals surface area contributed by atoms with Crippen molar-refractivity contribution in [2.75, 3.05) is 20.2 Å². The van der Waals surface area contributed by atoms with Gasteiger partial charge >= 0.3 is 12.1 Å². The van der Waals surface area contributed by atoms with Crippen LogP contribution in [0.15, 0.2) is 0 Å². The molecule has 18 heavy (non-hydrogen) atoms. The van der Waals surface area contributed by atoms with Crippen LogP contribution in [0.4, 0.5) is 4.79 Å². The Hall–Kier alpha value is -1.63. The first-order valence-corrected chi connectivity index (χ1v) is 5.78. The maximum absolute atomic E-state index is 11.5. The van der Waals surface area contributed by atoms with Crippen molar-refractivity contribution in [3.8, 4) is 0 Å². The highest BCUT2D eigenvalue weighted by Gasteiger charge is 2.32. The standard InChI is InChI=1S/C11H18N2O5/c1-7-3-4-13(8(5-7)10(15)16)6-9(14)12-11(17)18-2/h7-8H,3-6H2,1-2H3,(H,15,16)(H,12,14,17). The van der Waals surface area contributed by atoms with E-state index in [1.807, 2.05) is 12.2 Å². The van der Waals surface area contributed by atoms with Crippen molar-refractivity contribution < 1.29 is 24.2 Å². The molecule has 0 radical (unpaired) electrons. The number of methoxy groups -OCH3 is 1. The van der Waals surface area contributed by atoms with Crippen molar-refractivity contribution in [2.45, 2.75) is 25.8 Å². The van der Waals surface area contributed by atoms with Gasteiger partial charge in [-0.05, 0) is 25.3 Å². The average molecular weight is 258 g/mol. The molecular formula is C11H18N2O5. The number of carbonyl (C=O) groups excluding carboxylic acids is 2. The number of nitrogens with one attached hydrogen (secondary N) is 1. The Bertz CT molecular complexity index is 344. The van der Waals surface area contributed by atoms with Crippen molar-refractivity contribution in [1.82, 2.24) is 10.2 Å². The fraction of sp³-hybridized carbons (Fsp3) is 0.727. The summed E-state index contributed by atoms with van der Waals surface area (Å²) >= 11 is 0. The monoisotopic (exact) mass is 258 g/mol. The molecule has 1 heterocycles. The number of aliphatic carboxylic acids is 1. The molecule has 0 saturated carbocycles. The molecule has 1 saturated heterocycles. The Morgan fingerprint density at radius 1 is 1.44 bits per heavy atom. The van der Waals surface area contributed by atoms with Gasteiger partial charge in [-0.25, -0.2) is 4.79 Å². The molecule has 0 aliphatic carbocycles. The minimum Gasteiger partial charge on any atom is -0.480 e. The van der Waals surface area contributed by atoms with Crippen LogP contribution >= 0.6 is 0 Å². The molecule has 1 rings (SSSR count). The number of hydrogen-bond acceptors (Lipinski definition) is 5. The highest BCUT2D eigenvalue weighted by atomic mass is 16.5. The van der Waals surface area contributed by atoms with Gasteiger partial charge in [0.15, 0.2) is 0 Å². The Balaban J connectivity index is 2.55. The third-order valence-electron chi connectivity index (χ3n) is 3.03. The molecule has 2 unspecified atom stereocenters. The topological polar surface area (TPSA) is 95.9 Å². The van der Waals surface area contributed by atoms with E-state index >= 15 is 0 Å². The molecular weight excluding hydrogens is 240 g/mol. The van der Waals surface area contributed by atoms with Crippen LogP contribution in [-0.2, 0) is 14.3 Å². The lowest BCUT2D eigenvalue weighted by atomic mass is 9.92. The summed E-state index contributed by atoms with van der Waals surface area (Å²) in [5, 5.41) is 11.1. The fourth-order valence-electron chi connectivity index (χ4n) is 2.03. The van der Waals surface area contributed by atoms with Crippen molar-refractivity contribution in [1.29, 1.82) is 0 Å². The number of piperidine rings is 1. The summed E-state index contributed by atoms with van der Waals surface area (Å²) < 4.78 is 4.30. The number of alkyl carbamates (subject to hydrolysis) is 1. The zero-order chi connectivity index (χ0) is 13.7. The predicted octanol–water partition coefficient (Wildman–Crippen LogP) is 0.0541. The minimum atomic E-state index is -0.938. The van der Waals surface area contributed by atoms with Crippen LogP contribution in [-0.4, -0.2) is 54.2 Å². The van der Waals surface area contributed by atoms with Gasteiger partial charge in [-0.2, -0.15) is 0 Å². The average Bonchev–Trinajstić information content (AvgIpc) is 2.30. The Labute approximate surface area is 105 Å². The number of amides is 2. The van der Waals surface area contributed by atoms with Crippen molar-refractivity contribution in [3.05, 3.63) is 0 Å². The van der Waals surface area contributed by atoms with Crippen LogP contribution in [0.25, 0.3) is 0 Å². The lowest BCUT2D eigenvalue weighted by Crippen LogP contribution is -2.51. The zero-order valence-electron chi connectivity index (χ0n) is 10.5. The maximum atomic E-state index is 11.5. The smallest absolute Gasteiger partial charge is 0.413 e. The maximum Gasteiger partial charge on any atom is 0.413 e. The summed E-state index contributed by atoms with van der Waals surface area (Å²) in [7, 11) is 1.16. The van der Waals surface area contributed by atoms with Gasteiger partial charge in [0, 0.05) is 0 Å². The number of ether oxygens (including phenoxy) is 1. The Morgan fingerprint density at radius 3 is 2.67 bits per heavy atom. The lowest BCUT2D eigenvalue weighted by molar-refractivity contribution is -0.146. The summed E-state index contributed by atoms with van der Waals surface area (Å²) in [6.45, 7) is 2.41. The lowest BCUT2D eigenvalue weighted by Gasteiger charge is -2.35. The summed E-state index contributed by atoms with van der Waals surface area (Å²) in [5.41, 5.74) is 0. The molecule has 7 heteroatoms. The molecule has 2 amide bonds. The van der Waals surface area contributed by atoms with E-state index in [0.29, 0.717) is 18.9 Å². The predicted molar refractivity (Wildman–Crippen MR) is 61.9 cm³/mol. The highest BCUT2D eigenvalue weighted by molar-refractivity contribution is 5.93. The van der Waals surface area contributed by atoms with Crippen LogP contribution in [0.1, 0.15) is 19.8 Å². The number of rotatable bonds is 3. The molecule has 2 atom stereocenters. The van der Waals surface area contributed by atoms with E-state index in [2.05, 4.69) is 4.74 Å². The van der Waals surface area contributed by atoms with Crippen LogP contribution in [0.2, 0.25) is 0 Å². The SMILES string of the molecule is COC(=O)NC(=O)CN1CCC(C)CC1C(=O)O. The fourth-order valence-corrected chi connectivity index (χ4v) is 2.03. The van der Waals surface area contributed by atoms with E-state index < -0.39 is 24.0 Å². The van der Waals surface area contributed by atoms with Gasteiger partial charge in [-0.15, -0.1) is 0 Å². The second-order valence-electron chi connectivity index (χ2n) is 4.49. The molecule has 0 aromatic carbocycles. The third kappa shape index (κ3) is 3.99. The van der Waals surface area contributed by atoms with Crippen molar-refractivity contribution in [2.24, 2.45) is 5.92 Å². The van der Waals surface area contributed by atoms with Gasteiger partial charge in [0.1, 0.15) is 6.04 Å². The van der Waals surface area contributed by atoms with Gasteiger partial charge in [-0.1, -0.05) is 6.92 Å². The molecule has 0 aromatic heterocycles. The molecule has 102 valence electrons. The number of imide groups is 1. The summed E-state index contributed by atoms with van der Waals surface area (Å²) in [6, 6.07) is -0.669. The highest BCUT2D eigenvalue weighted by Crippen LogP contribution is 2.22. The van der Waals surface area contributed by atoms with Crippen molar-refractivity contribution in [3.63, 3.8) is 0 Å². The first-order valence-electron chi connectivity index (χ1n) is 5.78. The molecule has 7 nitrogen and oxygen atoms in total. The van der Waals surface area contributed by atoms with Crippen LogP contribution in [0.3, 0.4) is 0 Å². The number of carboxylic acid groups (broad SMARTS) is 1. The zero-order valence-corrected chi connectivity index (χ0v) is 10.5. The Morgan fingerprint density at radius 2 is 2.11 bits per heavy atom. The molecule has 0 aromatic rings. The molecule has 0 bridgehead atoms. The second kappa shape index (κ2) is 6.34. The number of carbonyl (C=O) groups is 3. The largest absolute Gasteiger partial charge is 0.480 e. The normalized spacial score (nSPS) is 24.3.